The molecule has 120 valence electrons. The lowest BCUT2D eigenvalue weighted by Gasteiger charge is -1.98. The molecule has 0 aromatic heterocycles. The molecule has 0 aliphatic heterocycles. The van der Waals surface area contributed by atoms with E-state index >= 15 is 0 Å². The quantitative estimate of drug-likeness (QED) is 0.301. The van der Waals surface area contributed by atoms with Crippen molar-refractivity contribution in [2.24, 2.45) is 5.73 Å². The minimum absolute atomic E-state index is 0. The maximum absolute atomic E-state index is 5.47. The van der Waals surface area contributed by atoms with Crippen molar-refractivity contribution in [1.82, 2.24) is 0 Å². The van der Waals surface area contributed by atoms with Gasteiger partial charge in [-0.3, -0.25) is 0 Å². The summed E-state index contributed by atoms with van der Waals surface area (Å²) in [6.07, 6.45) is 24.9. The zero-order chi connectivity index (χ0) is 14.0. The molecule has 0 saturated carbocycles. The molecule has 20 heavy (non-hydrogen) atoms. The number of hydrogen-bond donors (Lipinski definition) is 1. The third-order valence-electron chi connectivity index (χ3n) is 3.40. The van der Waals surface area contributed by atoms with Crippen LogP contribution in [-0.4, -0.2) is 6.54 Å². The standard InChI is InChI=1S/C18H35N.ClH/c1-2-3-4-5-6-7-8-9-10-11-12-13-14-15-16-17-18-19;/h6-7,9-10H,2-5,8,11-19H2,1H3;1H/b7-6-,10-9-;. The summed E-state index contributed by atoms with van der Waals surface area (Å²) in [4.78, 5) is 0. The first-order valence-corrected chi connectivity index (χ1v) is 8.42. The highest BCUT2D eigenvalue weighted by molar-refractivity contribution is 5.85. The van der Waals surface area contributed by atoms with E-state index < -0.39 is 0 Å². The van der Waals surface area contributed by atoms with Gasteiger partial charge in [0.05, 0.1) is 0 Å². The van der Waals surface area contributed by atoms with Crippen LogP contribution in [0.2, 0.25) is 0 Å². The lowest BCUT2D eigenvalue weighted by Crippen LogP contribution is -1.97. The predicted molar refractivity (Wildman–Crippen MR) is 95.7 cm³/mol. The minimum Gasteiger partial charge on any atom is -0.330 e. The average molecular weight is 302 g/mol. The van der Waals surface area contributed by atoms with E-state index in [0.717, 1.165) is 13.0 Å². The molecule has 0 saturated heterocycles. The molecule has 0 aromatic carbocycles. The molecule has 1 nitrogen and oxygen atoms in total. The van der Waals surface area contributed by atoms with Gasteiger partial charge in [-0.05, 0) is 45.1 Å². The Balaban J connectivity index is 0. The summed E-state index contributed by atoms with van der Waals surface area (Å²) in [5.41, 5.74) is 5.47. The Morgan fingerprint density at radius 1 is 0.650 bits per heavy atom. The first kappa shape index (κ1) is 22.0. The Morgan fingerprint density at radius 3 is 1.70 bits per heavy atom. The molecule has 0 aromatic rings. The number of hydrogen-bond acceptors (Lipinski definition) is 1. The summed E-state index contributed by atoms with van der Waals surface area (Å²) in [5.74, 6) is 0. The zero-order valence-electron chi connectivity index (χ0n) is 13.5. The fraction of sp³-hybridized carbons (Fsp3) is 0.778. The van der Waals surface area contributed by atoms with Crippen molar-refractivity contribution in [1.29, 1.82) is 0 Å². The second kappa shape index (κ2) is 21.0. The molecule has 0 atom stereocenters. The molecule has 0 spiro atoms. The van der Waals surface area contributed by atoms with E-state index in [1.165, 1.54) is 70.6 Å². The Morgan fingerprint density at radius 2 is 1.15 bits per heavy atom. The molecule has 0 aliphatic carbocycles. The van der Waals surface area contributed by atoms with E-state index in [0.29, 0.717) is 0 Å². The Hall–Kier alpha value is -0.270. The number of unbranched alkanes of at least 4 members (excludes halogenated alkanes) is 9. The molecule has 0 radical (unpaired) electrons. The molecular formula is C18H36ClN. The van der Waals surface area contributed by atoms with Crippen molar-refractivity contribution in [3.63, 3.8) is 0 Å². The van der Waals surface area contributed by atoms with Crippen molar-refractivity contribution in [2.75, 3.05) is 6.54 Å². The van der Waals surface area contributed by atoms with Gasteiger partial charge in [0.25, 0.3) is 0 Å². The molecule has 2 N–H and O–H groups in total. The predicted octanol–water partition coefficient (Wildman–Crippen LogP) is 6.18. The lowest BCUT2D eigenvalue weighted by atomic mass is 10.1. The van der Waals surface area contributed by atoms with Crippen LogP contribution in [0.25, 0.3) is 0 Å². The van der Waals surface area contributed by atoms with E-state index in [9.17, 15) is 0 Å². The Bertz CT molecular complexity index is 211. The van der Waals surface area contributed by atoms with Crippen LogP contribution in [-0.2, 0) is 0 Å². The van der Waals surface area contributed by atoms with Gasteiger partial charge in [0.15, 0.2) is 0 Å². The SMILES string of the molecule is CCCCC/C=C\C/C=C\CCCCCCCCN.Cl. The van der Waals surface area contributed by atoms with Gasteiger partial charge in [-0.1, -0.05) is 69.8 Å². The fourth-order valence-electron chi connectivity index (χ4n) is 2.13. The van der Waals surface area contributed by atoms with Crippen molar-refractivity contribution in [3.8, 4) is 0 Å². The molecule has 0 heterocycles. The first-order chi connectivity index (χ1) is 9.41. The van der Waals surface area contributed by atoms with Crippen molar-refractivity contribution in [3.05, 3.63) is 24.3 Å². The summed E-state index contributed by atoms with van der Waals surface area (Å²) < 4.78 is 0. The van der Waals surface area contributed by atoms with Gasteiger partial charge in [-0.2, -0.15) is 0 Å². The van der Waals surface area contributed by atoms with Gasteiger partial charge in [0, 0.05) is 0 Å². The number of halogens is 1. The summed E-state index contributed by atoms with van der Waals surface area (Å²) in [6.45, 7) is 3.11. The third-order valence-corrected chi connectivity index (χ3v) is 3.40. The average Bonchev–Trinajstić information content (AvgIpc) is 2.43. The number of allylic oxidation sites excluding steroid dienone is 4. The highest BCUT2D eigenvalue weighted by Gasteiger charge is 1.89. The summed E-state index contributed by atoms with van der Waals surface area (Å²) >= 11 is 0. The largest absolute Gasteiger partial charge is 0.330 e. The highest BCUT2D eigenvalue weighted by atomic mass is 35.5. The minimum atomic E-state index is 0. The monoisotopic (exact) mass is 301 g/mol. The maximum atomic E-state index is 5.47. The van der Waals surface area contributed by atoms with Crippen LogP contribution in [0.15, 0.2) is 24.3 Å². The van der Waals surface area contributed by atoms with E-state index in [-0.39, 0.29) is 12.4 Å². The molecule has 0 fully saturated rings. The third kappa shape index (κ3) is 20.1. The Kier molecular flexibility index (Phi) is 23.2. The van der Waals surface area contributed by atoms with Crippen LogP contribution in [0.5, 0.6) is 0 Å². The van der Waals surface area contributed by atoms with E-state index in [1.807, 2.05) is 0 Å². The normalized spacial score (nSPS) is 11.3. The van der Waals surface area contributed by atoms with E-state index in [1.54, 1.807) is 0 Å². The van der Waals surface area contributed by atoms with E-state index in [4.69, 9.17) is 5.73 Å². The molecule has 0 amide bonds. The molecular weight excluding hydrogens is 266 g/mol. The number of rotatable bonds is 14. The lowest BCUT2D eigenvalue weighted by molar-refractivity contribution is 0.600. The van der Waals surface area contributed by atoms with Crippen LogP contribution in [0.3, 0.4) is 0 Å². The van der Waals surface area contributed by atoms with Crippen molar-refractivity contribution in [2.45, 2.75) is 84.0 Å². The van der Waals surface area contributed by atoms with Gasteiger partial charge in [0.1, 0.15) is 0 Å². The van der Waals surface area contributed by atoms with Gasteiger partial charge in [0.2, 0.25) is 0 Å². The van der Waals surface area contributed by atoms with Crippen molar-refractivity contribution >= 4 is 12.4 Å². The highest BCUT2D eigenvalue weighted by Crippen LogP contribution is 2.07. The molecule has 0 bridgehead atoms. The van der Waals surface area contributed by atoms with Crippen LogP contribution in [0, 0.1) is 0 Å². The fourth-order valence-corrected chi connectivity index (χ4v) is 2.13. The molecule has 0 rings (SSSR count). The van der Waals surface area contributed by atoms with Crippen LogP contribution in [0.1, 0.15) is 84.0 Å². The number of nitrogens with two attached hydrogens (primary N) is 1. The van der Waals surface area contributed by atoms with Crippen LogP contribution < -0.4 is 5.73 Å². The van der Waals surface area contributed by atoms with Gasteiger partial charge < -0.3 is 5.73 Å². The van der Waals surface area contributed by atoms with Crippen LogP contribution >= 0.6 is 12.4 Å². The van der Waals surface area contributed by atoms with Crippen molar-refractivity contribution < 1.29 is 0 Å². The summed E-state index contributed by atoms with van der Waals surface area (Å²) in [7, 11) is 0. The summed E-state index contributed by atoms with van der Waals surface area (Å²) in [5, 5.41) is 0. The maximum Gasteiger partial charge on any atom is -0.00773 e. The Labute approximate surface area is 133 Å². The van der Waals surface area contributed by atoms with Gasteiger partial charge in [-0.25, -0.2) is 0 Å². The second-order valence-corrected chi connectivity index (χ2v) is 5.37. The van der Waals surface area contributed by atoms with Gasteiger partial charge in [-0.15, -0.1) is 12.4 Å². The molecule has 0 aliphatic rings. The topological polar surface area (TPSA) is 26.0 Å². The van der Waals surface area contributed by atoms with Gasteiger partial charge >= 0.3 is 0 Å². The smallest absolute Gasteiger partial charge is 0.00773 e. The zero-order valence-corrected chi connectivity index (χ0v) is 14.3. The molecule has 0 unspecified atom stereocenters. The first-order valence-electron chi connectivity index (χ1n) is 8.42. The second-order valence-electron chi connectivity index (χ2n) is 5.37. The van der Waals surface area contributed by atoms with Crippen LogP contribution in [0.4, 0.5) is 0 Å². The summed E-state index contributed by atoms with van der Waals surface area (Å²) in [6, 6.07) is 0. The molecule has 2 heteroatoms. The van der Waals surface area contributed by atoms with E-state index in [2.05, 4.69) is 31.2 Å².